The Morgan fingerprint density at radius 3 is 2.23 bits per heavy atom. The van der Waals surface area contributed by atoms with Gasteiger partial charge in [0, 0.05) is 7.14 Å². The molecule has 0 aliphatic heterocycles. The Morgan fingerprint density at radius 1 is 1.23 bits per heavy atom. The minimum absolute atomic E-state index is 0.0965. The van der Waals surface area contributed by atoms with E-state index >= 15 is 0 Å². The van der Waals surface area contributed by atoms with E-state index in [9.17, 15) is 9.90 Å². The predicted molar refractivity (Wildman–Crippen MR) is 74.8 cm³/mol. The molecule has 6 heteroatoms. The first-order chi connectivity index (χ1) is 5.95. The predicted octanol–water partition coefficient (Wildman–Crippen LogP) is 2.30. The SMILES string of the molecule is NC(=O)c1cc(O)c(I)c(I)c1I. The van der Waals surface area contributed by atoms with Gasteiger partial charge in [0.25, 0.3) is 0 Å². The van der Waals surface area contributed by atoms with E-state index in [2.05, 4.69) is 22.6 Å². The van der Waals surface area contributed by atoms with Crippen molar-refractivity contribution in [2.24, 2.45) is 5.73 Å². The number of primary amides is 1. The number of carbonyl (C=O) groups excluding carboxylic acids is 1. The van der Waals surface area contributed by atoms with Crippen molar-refractivity contribution in [2.75, 3.05) is 0 Å². The first kappa shape index (κ1) is 11.8. The number of hydrogen-bond donors (Lipinski definition) is 2. The molecule has 0 saturated heterocycles. The summed E-state index contributed by atoms with van der Waals surface area (Å²) in [4.78, 5) is 10.9. The molecule has 13 heavy (non-hydrogen) atoms. The van der Waals surface area contributed by atoms with Crippen LogP contribution in [0.15, 0.2) is 6.07 Å². The first-order valence-corrected chi connectivity index (χ1v) is 6.35. The monoisotopic (exact) mass is 515 g/mol. The van der Waals surface area contributed by atoms with Gasteiger partial charge < -0.3 is 10.8 Å². The zero-order chi connectivity index (χ0) is 10.2. The lowest BCUT2D eigenvalue weighted by molar-refractivity contribution is 0.0999. The van der Waals surface area contributed by atoms with Gasteiger partial charge in [-0.25, -0.2) is 0 Å². The van der Waals surface area contributed by atoms with Crippen molar-refractivity contribution in [3.63, 3.8) is 0 Å². The van der Waals surface area contributed by atoms with Crippen LogP contribution in [-0.2, 0) is 0 Å². The summed E-state index contributed by atoms with van der Waals surface area (Å²) in [5.74, 6) is -0.423. The summed E-state index contributed by atoms with van der Waals surface area (Å²) >= 11 is 6.13. The molecule has 0 atom stereocenters. The zero-order valence-corrected chi connectivity index (χ0v) is 12.6. The second-order valence-electron chi connectivity index (χ2n) is 2.25. The fourth-order valence-electron chi connectivity index (χ4n) is 0.770. The Bertz CT molecular complexity index is 378. The Morgan fingerprint density at radius 2 is 1.77 bits per heavy atom. The third-order valence-electron chi connectivity index (χ3n) is 1.39. The molecule has 0 aliphatic rings. The molecular formula is C7H4I3NO2. The number of amides is 1. The van der Waals surface area contributed by atoms with Crippen LogP contribution in [0.25, 0.3) is 0 Å². The topological polar surface area (TPSA) is 63.3 Å². The van der Waals surface area contributed by atoms with E-state index in [0.29, 0.717) is 5.56 Å². The minimum Gasteiger partial charge on any atom is -0.507 e. The smallest absolute Gasteiger partial charge is 0.249 e. The minimum atomic E-state index is -0.519. The van der Waals surface area contributed by atoms with Crippen molar-refractivity contribution in [2.45, 2.75) is 0 Å². The molecular weight excluding hydrogens is 511 g/mol. The van der Waals surface area contributed by atoms with Gasteiger partial charge >= 0.3 is 0 Å². The largest absolute Gasteiger partial charge is 0.507 e. The van der Waals surface area contributed by atoms with Gasteiger partial charge in [0.15, 0.2) is 0 Å². The van der Waals surface area contributed by atoms with E-state index < -0.39 is 5.91 Å². The van der Waals surface area contributed by atoms with E-state index in [1.54, 1.807) is 0 Å². The van der Waals surface area contributed by atoms with E-state index in [4.69, 9.17) is 5.73 Å². The maximum Gasteiger partial charge on any atom is 0.249 e. The Kier molecular flexibility index (Phi) is 4.04. The van der Waals surface area contributed by atoms with Crippen molar-refractivity contribution in [3.8, 4) is 5.75 Å². The Balaban J connectivity index is 3.50. The summed E-state index contributed by atoms with van der Waals surface area (Å²) < 4.78 is 2.38. The lowest BCUT2D eigenvalue weighted by Gasteiger charge is -2.06. The van der Waals surface area contributed by atoms with E-state index in [-0.39, 0.29) is 5.75 Å². The summed E-state index contributed by atoms with van der Waals surface area (Å²) in [5.41, 5.74) is 5.51. The lowest BCUT2D eigenvalue weighted by Crippen LogP contribution is -2.13. The molecule has 0 aliphatic carbocycles. The van der Waals surface area contributed by atoms with Crippen LogP contribution in [0.5, 0.6) is 5.75 Å². The van der Waals surface area contributed by atoms with Gasteiger partial charge in [-0.3, -0.25) is 4.79 Å². The molecule has 0 aromatic heterocycles. The van der Waals surface area contributed by atoms with Gasteiger partial charge in [-0.05, 0) is 73.8 Å². The van der Waals surface area contributed by atoms with Gasteiger partial charge in [0.2, 0.25) is 5.91 Å². The number of phenols is 1. The van der Waals surface area contributed by atoms with E-state index in [1.165, 1.54) is 6.07 Å². The number of rotatable bonds is 1. The molecule has 0 heterocycles. The molecule has 0 unspecified atom stereocenters. The molecule has 1 aromatic carbocycles. The average Bonchev–Trinajstić information content (AvgIpc) is 2.07. The van der Waals surface area contributed by atoms with Crippen LogP contribution < -0.4 is 5.73 Å². The van der Waals surface area contributed by atoms with Gasteiger partial charge in [-0.2, -0.15) is 0 Å². The van der Waals surface area contributed by atoms with Crippen LogP contribution in [-0.4, -0.2) is 11.0 Å². The number of hydrogen-bond acceptors (Lipinski definition) is 2. The quantitative estimate of drug-likeness (QED) is 0.446. The molecule has 1 aromatic rings. The zero-order valence-electron chi connectivity index (χ0n) is 6.14. The van der Waals surface area contributed by atoms with Crippen LogP contribution in [0.1, 0.15) is 10.4 Å². The highest BCUT2D eigenvalue weighted by Gasteiger charge is 2.15. The molecule has 3 nitrogen and oxygen atoms in total. The van der Waals surface area contributed by atoms with Crippen molar-refractivity contribution in [1.82, 2.24) is 0 Å². The normalized spacial score (nSPS) is 10.1. The molecule has 0 spiro atoms. The van der Waals surface area contributed by atoms with Crippen molar-refractivity contribution >= 4 is 73.7 Å². The highest BCUT2D eigenvalue weighted by molar-refractivity contribution is 14.1. The van der Waals surface area contributed by atoms with E-state index in [0.717, 1.165) is 10.7 Å². The van der Waals surface area contributed by atoms with Gasteiger partial charge in [0.1, 0.15) is 5.75 Å². The number of benzene rings is 1. The van der Waals surface area contributed by atoms with Crippen LogP contribution in [0.2, 0.25) is 0 Å². The second kappa shape index (κ2) is 4.47. The van der Waals surface area contributed by atoms with Gasteiger partial charge in [-0.1, -0.05) is 0 Å². The fraction of sp³-hybridized carbons (Fsp3) is 0. The molecule has 0 radical (unpaired) electrons. The molecule has 3 N–H and O–H groups in total. The Hall–Kier alpha value is 0.680. The summed E-state index contributed by atoms with van der Waals surface area (Å²) in [6.07, 6.45) is 0. The third-order valence-corrected chi connectivity index (χ3v) is 6.75. The van der Waals surface area contributed by atoms with Gasteiger partial charge in [-0.15, -0.1) is 0 Å². The maximum atomic E-state index is 10.9. The third kappa shape index (κ3) is 2.37. The molecule has 0 saturated carbocycles. The van der Waals surface area contributed by atoms with Crippen molar-refractivity contribution < 1.29 is 9.90 Å². The van der Waals surface area contributed by atoms with Crippen LogP contribution in [0.4, 0.5) is 0 Å². The van der Waals surface area contributed by atoms with E-state index in [1.807, 2.05) is 45.2 Å². The molecule has 0 fully saturated rings. The Labute approximate surface area is 116 Å². The van der Waals surface area contributed by atoms with Crippen molar-refractivity contribution in [3.05, 3.63) is 22.3 Å². The number of halogens is 3. The highest BCUT2D eigenvalue weighted by atomic mass is 127. The van der Waals surface area contributed by atoms with Crippen LogP contribution >= 0.6 is 67.8 Å². The number of aromatic hydroxyl groups is 1. The summed E-state index contributed by atoms with van der Waals surface area (Å²) in [7, 11) is 0. The maximum absolute atomic E-state index is 10.9. The fourth-order valence-corrected chi connectivity index (χ4v) is 2.97. The number of phenolic OH excluding ortho intramolecular Hbond substituents is 1. The number of carbonyl (C=O) groups is 1. The van der Waals surface area contributed by atoms with Crippen LogP contribution in [0.3, 0.4) is 0 Å². The summed E-state index contributed by atoms with van der Waals surface area (Å²) in [5, 5.41) is 9.43. The van der Waals surface area contributed by atoms with Crippen molar-refractivity contribution in [1.29, 1.82) is 0 Å². The summed E-state index contributed by atoms with van der Waals surface area (Å²) in [6, 6.07) is 1.40. The molecule has 1 amide bonds. The van der Waals surface area contributed by atoms with Gasteiger partial charge in [0.05, 0.1) is 9.13 Å². The highest BCUT2D eigenvalue weighted by Crippen LogP contribution is 2.31. The molecule has 0 bridgehead atoms. The number of nitrogens with two attached hydrogens (primary N) is 1. The molecule has 1 rings (SSSR count). The standard InChI is InChI=1S/C7H4I3NO2/c8-4-2(7(11)13)1-3(12)5(9)6(4)10/h1,12H,(H2,11,13). The summed E-state index contributed by atoms with van der Waals surface area (Å²) in [6.45, 7) is 0. The first-order valence-electron chi connectivity index (χ1n) is 3.11. The second-order valence-corrected chi connectivity index (χ2v) is 5.49. The lowest BCUT2D eigenvalue weighted by atomic mass is 10.2. The molecule has 70 valence electrons. The average molecular weight is 515 g/mol. The van der Waals surface area contributed by atoms with Crippen LogP contribution in [0, 0.1) is 10.7 Å².